The summed E-state index contributed by atoms with van der Waals surface area (Å²) in [6, 6.07) is 14.4. The zero-order valence-corrected chi connectivity index (χ0v) is 12.5. The fourth-order valence-electron chi connectivity index (χ4n) is 3.65. The lowest BCUT2D eigenvalue weighted by Crippen LogP contribution is -2.33. The second kappa shape index (κ2) is 5.00. The molecular weight excluding hydrogens is 260 g/mol. The molecule has 110 valence electrons. The zero-order chi connectivity index (χ0) is 14.4. The van der Waals surface area contributed by atoms with Gasteiger partial charge in [0.2, 0.25) is 0 Å². The molecule has 2 fully saturated rings. The van der Waals surface area contributed by atoms with E-state index >= 15 is 0 Å². The highest BCUT2D eigenvalue weighted by Gasteiger charge is 2.41. The third kappa shape index (κ3) is 2.30. The van der Waals surface area contributed by atoms with Crippen molar-refractivity contribution in [2.45, 2.75) is 37.4 Å². The maximum atomic E-state index is 6.40. The van der Waals surface area contributed by atoms with Crippen LogP contribution in [0.3, 0.4) is 0 Å². The normalized spacial score (nSPS) is 26.4. The van der Waals surface area contributed by atoms with Crippen molar-refractivity contribution in [3.8, 4) is 5.75 Å². The molecule has 3 nitrogen and oxygen atoms in total. The molecule has 1 aliphatic heterocycles. The minimum Gasteiger partial charge on any atom is -0.497 e. The van der Waals surface area contributed by atoms with Gasteiger partial charge >= 0.3 is 0 Å². The molecule has 0 bridgehead atoms. The second-order valence-corrected chi connectivity index (χ2v) is 6.34. The first-order valence-electron chi connectivity index (χ1n) is 7.85. The minimum atomic E-state index is 0.265. The van der Waals surface area contributed by atoms with Gasteiger partial charge in [0, 0.05) is 18.6 Å². The molecule has 1 saturated heterocycles. The van der Waals surface area contributed by atoms with Gasteiger partial charge in [-0.2, -0.15) is 0 Å². The van der Waals surface area contributed by atoms with Gasteiger partial charge < -0.3 is 10.5 Å². The topological polar surface area (TPSA) is 38.5 Å². The summed E-state index contributed by atoms with van der Waals surface area (Å²) in [5, 5.41) is 2.49. The molecule has 2 aromatic carbocycles. The molecule has 1 heterocycles. The Morgan fingerprint density at radius 2 is 1.81 bits per heavy atom. The van der Waals surface area contributed by atoms with Gasteiger partial charge in [-0.1, -0.05) is 18.2 Å². The summed E-state index contributed by atoms with van der Waals surface area (Å²) in [6.45, 7) is 1.15. The molecule has 21 heavy (non-hydrogen) atoms. The Kier molecular flexibility index (Phi) is 3.12. The first kappa shape index (κ1) is 13.1. The molecular formula is C18H22N2O. The summed E-state index contributed by atoms with van der Waals surface area (Å²) in [7, 11) is 1.71. The number of nitrogens with zero attached hydrogens (tertiary/aromatic N) is 1. The van der Waals surface area contributed by atoms with Crippen molar-refractivity contribution in [1.82, 2.24) is 4.90 Å². The standard InChI is InChI=1S/C18H22N2O/c1-21-16-7-4-12-10-14(3-2-13(12)11-16)18-17(19)8-9-20(18)15-5-6-15/h2-4,7,10-11,15,17-18H,5-6,8-9,19H2,1H3. The highest BCUT2D eigenvalue weighted by atomic mass is 16.5. The summed E-state index contributed by atoms with van der Waals surface area (Å²) in [5.74, 6) is 0.910. The van der Waals surface area contributed by atoms with Crippen LogP contribution in [0.5, 0.6) is 5.75 Å². The van der Waals surface area contributed by atoms with E-state index in [0.29, 0.717) is 6.04 Å². The highest BCUT2D eigenvalue weighted by Crippen LogP contribution is 2.41. The predicted octanol–water partition coefficient (Wildman–Crippen LogP) is 3.08. The van der Waals surface area contributed by atoms with Crippen molar-refractivity contribution < 1.29 is 4.74 Å². The lowest BCUT2D eigenvalue weighted by molar-refractivity contribution is 0.237. The molecule has 4 rings (SSSR count). The summed E-state index contributed by atoms with van der Waals surface area (Å²) in [5.41, 5.74) is 7.76. The van der Waals surface area contributed by atoms with Gasteiger partial charge in [0.1, 0.15) is 5.75 Å². The van der Waals surface area contributed by atoms with E-state index < -0.39 is 0 Å². The van der Waals surface area contributed by atoms with Gasteiger partial charge in [0.05, 0.1) is 13.2 Å². The van der Waals surface area contributed by atoms with Crippen molar-refractivity contribution >= 4 is 10.8 Å². The number of benzene rings is 2. The van der Waals surface area contributed by atoms with E-state index in [2.05, 4.69) is 35.2 Å². The van der Waals surface area contributed by atoms with E-state index in [0.717, 1.165) is 24.8 Å². The molecule has 2 atom stereocenters. The summed E-state index contributed by atoms with van der Waals surface area (Å²) in [4.78, 5) is 2.62. The molecule has 1 saturated carbocycles. The molecule has 0 spiro atoms. The number of fused-ring (bicyclic) bond motifs is 1. The molecule has 2 N–H and O–H groups in total. The number of nitrogens with two attached hydrogens (primary N) is 1. The molecule has 1 aliphatic carbocycles. The van der Waals surface area contributed by atoms with Crippen LogP contribution in [0.25, 0.3) is 10.8 Å². The number of rotatable bonds is 3. The van der Waals surface area contributed by atoms with Crippen molar-refractivity contribution in [3.63, 3.8) is 0 Å². The van der Waals surface area contributed by atoms with Crippen molar-refractivity contribution in [2.75, 3.05) is 13.7 Å². The molecule has 0 radical (unpaired) electrons. The van der Waals surface area contributed by atoms with Crippen molar-refractivity contribution in [1.29, 1.82) is 0 Å². The van der Waals surface area contributed by atoms with Crippen LogP contribution < -0.4 is 10.5 Å². The average Bonchev–Trinajstić information content (AvgIpc) is 3.29. The molecule has 0 aromatic heterocycles. The maximum Gasteiger partial charge on any atom is 0.119 e. The highest BCUT2D eigenvalue weighted by molar-refractivity contribution is 5.84. The molecule has 0 amide bonds. The van der Waals surface area contributed by atoms with Gasteiger partial charge in [0.15, 0.2) is 0 Å². The van der Waals surface area contributed by atoms with Gasteiger partial charge in [-0.25, -0.2) is 0 Å². The van der Waals surface area contributed by atoms with E-state index in [9.17, 15) is 0 Å². The number of likely N-dealkylation sites (tertiary alicyclic amines) is 1. The maximum absolute atomic E-state index is 6.40. The van der Waals surface area contributed by atoms with E-state index in [1.165, 1.54) is 29.2 Å². The Morgan fingerprint density at radius 1 is 1.05 bits per heavy atom. The van der Waals surface area contributed by atoms with Gasteiger partial charge in [-0.15, -0.1) is 0 Å². The Hall–Kier alpha value is -1.58. The van der Waals surface area contributed by atoms with Crippen LogP contribution in [0.4, 0.5) is 0 Å². The van der Waals surface area contributed by atoms with E-state index in [1.54, 1.807) is 7.11 Å². The first-order chi connectivity index (χ1) is 10.3. The van der Waals surface area contributed by atoms with Gasteiger partial charge in [0.25, 0.3) is 0 Å². The first-order valence-corrected chi connectivity index (χ1v) is 7.85. The van der Waals surface area contributed by atoms with E-state index in [4.69, 9.17) is 10.5 Å². The Morgan fingerprint density at radius 3 is 2.57 bits per heavy atom. The van der Waals surface area contributed by atoms with Crippen LogP contribution in [0, 0.1) is 0 Å². The largest absolute Gasteiger partial charge is 0.497 e. The molecule has 2 aromatic rings. The summed E-state index contributed by atoms with van der Waals surface area (Å²) in [6.07, 6.45) is 3.80. The quantitative estimate of drug-likeness (QED) is 0.940. The van der Waals surface area contributed by atoms with Crippen molar-refractivity contribution in [3.05, 3.63) is 42.0 Å². The zero-order valence-electron chi connectivity index (χ0n) is 12.5. The SMILES string of the molecule is COc1ccc2cc(C3C(N)CCN3C3CC3)ccc2c1. The lowest BCUT2D eigenvalue weighted by Gasteiger charge is -2.27. The van der Waals surface area contributed by atoms with Crippen LogP contribution in [0.2, 0.25) is 0 Å². The van der Waals surface area contributed by atoms with Crippen LogP contribution >= 0.6 is 0 Å². The smallest absolute Gasteiger partial charge is 0.119 e. The van der Waals surface area contributed by atoms with Crippen LogP contribution in [-0.4, -0.2) is 30.6 Å². The fraction of sp³-hybridized carbons (Fsp3) is 0.444. The Bertz CT molecular complexity index is 665. The Labute approximate surface area is 125 Å². The number of methoxy groups -OCH3 is 1. The molecule has 3 heteroatoms. The fourth-order valence-corrected chi connectivity index (χ4v) is 3.65. The summed E-state index contributed by atoms with van der Waals surface area (Å²) >= 11 is 0. The lowest BCUT2D eigenvalue weighted by atomic mass is 9.97. The monoisotopic (exact) mass is 282 g/mol. The van der Waals surface area contributed by atoms with E-state index in [1.807, 2.05) is 6.07 Å². The van der Waals surface area contributed by atoms with Crippen LogP contribution in [-0.2, 0) is 0 Å². The third-order valence-corrected chi connectivity index (χ3v) is 4.91. The Balaban J connectivity index is 1.72. The van der Waals surface area contributed by atoms with Gasteiger partial charge in [-0.05, 0) is 53.8 Å². The molecule has 2 unspecified atom stereocenters. The predicted molar refractivity (Wildman–Crippen MR) is 85.6 cm³/mol. The minimum absolute atomic E-state index is 0.265. The molecule has 2 aliphatic rings. The third-order valence-electron chi connectivity index (χ3n) is 4.91. The number of hydrogen-bond acceptors (Lipinski definition) is 3. The van der Waals surface area contributed by atoms with Crippen LogP contribution in [0.1, 0.15) is 30.9 Å². The second-order valence-electron chi connectivity index (χ2n) is 6.34. The average molecular weight is 282 g/mol. The van der Waals surface area contributed by atoms with Gasteiger partial charge in [-0.3, -0.25) is 4.90 Å². The van der Waals surface area contributed by atoms with Crippen LogP contribution in [0.15, 0.2) is 36.4 Å². The van der Waals surface area contributed by atoms with Crippen molar-refractivity contribution in [2.24, 2.45) is 5.73 Å². The number of ether oxygens (including phenoxy) is 1. The summed E-state index contributed by atoms with van der Waals surface area (Å²) < 4.78 is 5.30. The van der Waals surface area contributed by atoms with E-state index in [-0.39, 0.29) is 6.04 Å². The number of hydrogen-bond donors (Lipinski definition) is 1.